The first kappa shape index (κ1) is 13.1. The van der Waals surface area contributed by atoms with Gasteiger partial charge in [0.15, 0.2) is 17.7 Å². The summed E-state index contributed by atoms with van der Waals surface area (Å²) in [5.74, 6) is -2.63. The molecule has 3 heterocycles. The number of ether oxygens (including phenoxy) is 1. The maximum atomic E-state index is 14.0. The molecule has 1 aliphatic rings. The highest BCUT2D eigenvalue weighted by Crippen LogP contribution is 2.39. The van der Waals surface area contributed by atoms with E-state index in [4.69, 9.17) is 15.6 Å². The molecule has 5 N–H and O–H groups in total. The van der Waals surface area contributed by atoms with E-state index in [9.17, 15) is 14.6 Å². The van der Waals surface area contributed by atoms with Crippen LogP contribution in [0.3, 0.4) is 0 Å². The average molecular weight is 285 g/mol. The zero-order valence-electron chi connectivity index (χ0n) is 10.1. The van der Waals surface area contributed by atoms with Gasteiger partial charge in [0.1, 0.15) is 30.7 Å². The fourth-order valence-corrected chi connectivity index (χ4v) is 2.16. The number of anilines is 1. The number of hydrogen-bond acceptors (Lipinski definition) is 8. The largest absolute Gasteiger partial charge is 0.390 e. The SMILES string of the molecule is Nc1ncnc2c1ncn2C1OC(F)(CO)C(O)C1O. The Morgan fingerprint density at radius 3 is 2.80 bits per heavy atom. The van der Waals surface area contributed by atoms with Crippen molar-refractivity contribution in [1.29, 1.82) is 0 Å². The molecule has 4 atom stereocenters. The molecule has 0 radical (unpaired) electrons. The van der Waals surface area contributed by atoms with Gasteiger partial charge in [0.25, 0.3) is 5.85 Å². The molecule has 4 unspecified atom stereocenters. The number of halogens is 1. The maximum absolute atomic E-state index is 14.0. The molecule has 0 saturated carbocycles. The van der Waals surface area contributed by atoms with Crippen molar-refractivity contribution in [3.8, 4) is 0 Å². The summed E-state index contributed by atoms with van der Waals surface area (Å²) in [5, 5.41) is 28.4. The number of aliphatic hydroxyl groups is 3. The molecule has 0 spiro atoms. The fraction of sp³-hybridized carbons (Fsp3) is 0.500. The third-order valence-electron chi connectivity index (χ3n) is 3.25. The Morgan fingerprint density at radius 2 is 2.15 bits per heavy atom. The standard InChI is InChI=1S/C10H12FN5O4/c11-10(1-17)6(19)5(18)9(20-10)16-3-15-4-7(12)13-2-14-8(4)16/h2-3,5-6,9,17-19H,1H2,(H2,12,13,14). The van der Waals surface area contributed by atoms with E-state index in [1.807, 2.05) is 0 Å². The Morgan fingerprint density at radius 1 is 1.40 bits per heavy atom. The molecule has 108 valence electrons. The smallest absolute Gasteiger partial charge is 0.263 e. The summed E-state index contributed by atoms with van der Waals surface area (Å²) in [6, 6.07) is 0. The van der Waals surface area contributed by atoms with E-state index in [1.165, 1.54) is 17.2 Å². The van der Waals surface area contributed by atoms with Gasteiger partial charge in [0, 0.05) is 0 Å². The van der Waals surface area contributed by atoms with E-state index >= 15 is 0 Å². The number of aliphatic hydroxyl groups excluding tert-OH is 3. The maximum Gasteiger partial charge on any atom is 0.263 e. The molecule has 1 fully saturated rings. The molecular weight excluding hydrogens is 273 g/mol. The Labute approximate surface area is 111 Å². The van der Waals surface area contributed by atoms with Gasteiger partial charge in [0.05, 0.1) is 6.33 Å². The highest BCUT2D eigenvalue weighted by molar-refractivity contribution is 5.81. The number of imidazole rings is 1. The number of hydrogen-bond donors (Lipinski definition) is 4. The number of rotatable bonds is 2. The van der Waals surface area contributed by atoms with Crippen molar-refractivity contribution in [2.75, 3.05) is 12.3 Å². The van der Waals surface area contributed by atoms with Crippen LogP contribution in [0.2, 0.25) is 0 Å². The molecule has 0 amide bonds. The summed E-state index contributed by atoms with van der Waals surface area (Å²) in [7, 11) is 0. The number of nitrogen functional groups attached to an aromatic ring is 1. The van der Waals surface area contributed by atoms with Gasteiger partial charge >= 0.3 is 0 Å². The first-order valence-electron chi connectivity index (χ1n) is 5.74. The minimum Gasteiger partial charge on any atom is -0.390 e. The zero-order valence-corrected chi connectivity index (χ0v) is 10.1. The van der Waals surface area contributed by atoms with Crippen molar-refractivity contribution in [2.24, 2.45) is 0 Å². The first-order valence-corrected chi connectivity index (χ1v) is 5.74. The molecule has 2 aromatic heterocycles. The van der Waals surface area contributed by atoms with Crippen molar-refractivity contribution in [3.63, 3.8) is 0 Å². The Bertz CT molecular complexity index is 652. The number of nitrogens with zero attached hydrogens (tertiary/aromatic N) is 4. The summed E-state index contributed by atoms with van der Waals surface area (Å²) in [4.78, 5) is 11.6. The van der Waals surface area contributed by atoms with Gasteiger partial charge in [-0.2, -0.15) is 0 Å². The van der Waals surface area contributed by atoms with Gasteiger partial charge in [0.2, 0.25) is 0 Å². The Balaban J connectivity index is 2.06. The molecule has 2 aromatic rings. The predicted molar refractivity (Wildman–Crippen MR) is 62.8 cm³/mol. The van der Waals surface area contributed by atoms with Crippen molar-refractivity contribution < 1.29 is 24.4 Å². The number of nitrogens with two attached hydrogens (primary N) is 1. The first-order chi connectivity index (χ1) is 9.48. The van der Waals surface area contributed by atoms with E-state index in [1.54, 1.807) is 0 Å². The molecule has 0 aromatic carbocycles. The molecule has 1 saturated heterocycles. The predicted octanol–water partition coefficient (Wildman–Crippen LogP) is -1.68. The molecular formula is C10H12FN5O4. The molecule has 0 bridgehead atoms. The third kappa shape index (κ3) is 1.66. The van der Waals surface area contributed by atoms with Gasteiger partial charge in [-0.05, 0) is 0 Å². The molecule has 10 heteroatoms. The second-order valence-electron chi connectivity index (χ2n) is 4.47. The Hall–Kier alpha value is -1.88. The van der Waals surface area contributed by atoms with Gasteiger partial charge in [-0.15, -0.1) is 0 Å². The summed E-state index contributed by atoms with van der Waals surface area (Å²) in [6.45, 7) is -1.09. The van der Waals surface area contributed by atoms with Crippen molar-refractivity contribution >= 4 is 17.0 Å². The van der Waals surface area contributed by atoms with E-state index < -0.39 is 30.9 Å². The van der Waals surface area contributed by atoms with E-state index in [0.717, 1.165) is 0 Å². The van der Waals surface area contributed by atoms with Crippen LogP contribution in [0.4, 0.5) is 10.2 Å². The lowest BCUT2D eigenvalue weighted by Crippen LogP contribution is -2.42. The molecule has 0 aliphatic carbocycles. The van der Waals surface area contributed by atoms with Crippen LogP contribution in [0.25, 0.3) is 11.2 Å². The van der Waals surface area contributed by atoms with Crippen LogP contribution in [-0.2, 0) is 4.74 Å². The van der Waals surface area contributed by atoms with Crippen LogP contribution in [0.15, 0.2) is 12.7 Å². The van der Waals surface area contributed by atoms with Crippen molar-refractivity contribution in [2.45, 2.75) is 24.3 Å². The quantitative estimate of drug-likeness (QED) is 0.513. The highest BCUT2D eigenvalue weighted by atomic mass is 19.2. The van der Waals surface area contributed by atoms with Gasteiger partial charge in [-0.1, -0.05) is 0 Å². The number of fused-ring (bicyclic) bond motifs is 1. The topological polar surface area (TPSA) is 140 Å². The zero-order chi connectivity index (χ0) is 14.5. The van der Waals surface area contributed by atoms with E-state index in [2.05, 4.69) is 15.0 Å². The Kier molecular flexibility index (Phi) is 2.83. The highest BCUT2D eigenvalue weighted by Gasteiger charge is 2.55. The molecule has 20 heavy (non-hydrogen) atoms. The summed E-state index contributed by atoms with van der Waals surface area (Å²) in [5.41, 5.74) is 6.10. The lowest BCUT2D eigenvalue weighted by atomic mass is 10.1. The molecule has 1 aliphatic heterocycles. The minimum absolute atomic E-state index is 0.121. The molecule has 3 rings (SSSR count). The van der Waals surface area contributed by atoms with Gasteiger partial charge < -0.3 is 25.8 Å². The second kappa shape index (κ2) is 4.31. The minimum atomic E-state index is -2.75. The number of alkyl halides is 1. The van der Waals surface area contributed by atoms with Gasteiger partial charge in [-0.25, -0.2) is 19.3 Å². The van der Waals surface area contributed by atoms with Crippen LogP contribution >= 0.6 is 0 Å². The molecule has 9 nitrogen and oxygen atoms in total. The lowest BCUT2D eigenvalue weighted by molar-refractivity contribution is -0.206. The normalized spacial score (nSPS) is 33.9. The average Bonchev–Trinajstić information content (AvgIpc) is 2.96. The van der Waals surface area contributed by atoms with Crippen LogP contribution in [0.5, 0.6) is 0 Å². The van der Waals surface area contributed by atoms with Gasteiger partial charge in [-0.3, -0.25) is 4.57 Å². The van der Waals surface area contributed by atoms with E-state index in [0.29, 0.717) is 0 Å². The van der Waals surface area contributed by atoms with Crippen molar-refractivity contribution in [1.82, 2.24) is 19.5 Å². The van der Waals surface area contributed by atoms with Crippen LogP contribution in [-0.4, -0.2) is 59.5 Å². The van der Waals surface area contributed by atoms with E-state index in [-0.39, 0.29) is 17.0 Å². The monoisotopic (exact) mass is 285 g/mol. The fourth-order valence-electron chi connectivity index (χ4n) is 2.16. The van der Waals surface area contributed by atoms with Crippen LogP contribution in [0, 0.1) is 0 Å². The third-order valence-corrected chi connectivity index (χ3v) is 3.25. The summed E-state index contributed by atoms with van der Waals surface area (Å²) < 4.78 is 20.2. The van der Waals surface area contributed by atoms with Crippen LogP contribution in [0.1, 0.15) is 6.23 Å². The van der Waals surface area contributed by atoms with Crippen molar-refractivity contribution in [3.05, 3.63) is 12.7 Å². The van der Waals surface area contributed by atoms with Crippen LogP contribution < -0.4 is 5.73 Å². The summed E-state index contributed by atoms with van der Waals surface area (Å²) in [6.07, 6.45) is -2.36. The second-order valence-corrected chi connectivity index (χ2v) is 4.47. The summed E-state index contributed by atoms with van der Waals surface area (Å²) >= 11 is 0. The number of aromatic nitrogens is 4. The lowest BCUT2D eigenvalue weighted by Gasteiger charge is -2.19.